The molecule has 5 nitrogen and oxygen atoms in total. The van der Waals surface area contributed by atoms with Crippen molar-refractivity contribution in [1.82, 2.24) is 14.5 Å². The van der Waals surface area contributed by atoms with Gasteiger partial charge in [-0.25, -0.2) is 9.97 Å². The van der Waals surface area contributed by atoms with Crippen molar-refractivity contribution in [3.63, 3.8) is 0 Å². The Kier molecular flexibility index (Phi) is 2.81. The zero-order valence-corrected chi connectivity index (χ0v) is 11.0. The zero-order valence-electron chi connectivity index (χ0n) is 11.0. The van der Waals surface area contributed by atoms with E-state index in [9.17, 15) is 0 Å². The number of nitrogen functional groups attached to an aromatic ring is 1. The Morgan fingerprint density at radius 1 is 1.32 bits per heavy atom. The monoisotopic (exact) mass is 255 g/mol. The minimum Gasteiger partial charge on any atom is -0.384 e. The Morgan fingerprint density at radius 3 is 2.89 bits per heavy atom. The highest BCUT2D eigenvalue weighted by Crippen LogP contribution is 2.22. The van der Waals surface area contributed by atoms with Gasteiger partial charge in [0.1, 0.15) is 18.0 Å². The highest BCUT2D eigenvalue weighted by atomic mass is 15.1. The summed E-state index contributed by atoms with van der Waals surface area (Å²) < 4.78 is 2.04. The van der Waals surface area contributed by atoms with Crippen molar-refractivity contribution >= 4 is 5.84 Å². The summed E-state index contributed by atoms with van der Waals surface area (Å²) in [6.45, 7) is 1.92. The number of pyridine rings is 1. The van der Waals surface area contributed by atoms with Crippen LogP contribution in [0.5, 0.6) is 0 Å². The standard InChI is InChI=1S/C14H17N5/c1-9-6-10(14(15)16)7-13(18-9)19-8-17-11-4-2-3-5-12(11)19/h6-8H,2-5H2,1H3,(H3,15,16). The molecule has 1 aliphatic carbocycles. The first-order valence-electron chi connectivity index (χ1n) is 6.53. The van der Waals surface area contributed by atoms with E-state index in [1.807, 2.05) is 30.0 Å². The molecule has 2 aromatic heterocycles. The lowest BCUT2D eigenvalue weighted by Gasteiger charge is -2.14. The van der Waals surface area contributed by atoms with Crippen molar-refractivity contribution < 1.29 is 0 Å². The van der Waals surface area contributed by atoms with Gasteiger partial charge in [0.05, 0.1) is 5.69 Å². The van der Waals surface area contributed by atoms with Crippen LogP contribution in [0.15, 0.2) is 18.5 Å². The van der Waals surface area contributed by atoms with Crippen molar-refractivity contribution in [2.24, 2.45) is 5.73 Å². The maximum atomic E-state index is 7.57. The number of aryl methyl sites for hydroxylation is 2. The number of nitrogens with one attached hydrogen (secondary N) is 1. The average Bonchev–Trinajstić information content (AvgIpc) is 2.81. The predicted molar refractivity (Wildman–Crippen MR) is 73.8 cm³/mol. The molecule has 0 radical (unpaired) electrons. The lowest BCUT2D eigenvalue weighted by molar-refractivity contribution is 0.654. The number of hydrogen-bond donors (Lipinski definition) is 2. The number of amidine groups is 1. The molecule has 0 bridgehead atoms. The van der Waals surface area contributed by atoms with Crippen molar-refractivity contribution in [1.29, 1.82) is 5.41 Å². The van der Waals surface area contributed by atoms with Gasteiger partial charge in [-0.3, -0.25) is 9.98 Å². The van der Waals surface area contributed by atoms with Gasteiger partial charge in [-0.1, -0.05) is 0 Å². The Labute approximate surface area is 112 Å². The first-order chi connectivity index (χ1) is 9.15. The van der Waals surface area contributed by atoms with Crippen LogP contribution in [0.25, 0.3) is 5.82 Å². The molecule has 3 rings (SSSR count). The molecule has 0 fully saturated rings. The summed E-state index contributed by atoms with van der Waals surface area (Å²) in [6.07, 6.45) is 6.34. The minimum atomic E-state index is 0.0701. The van der Waals surface area contributed by atoms with Gasteiger partial charge in [-0.05, 0) is 44.7 Å². The van der Waals surface area contributed by atoms with Crippen molar-refractivity contribution in [2.45, 2.75) is 32.6 Å². The molecule has 1 aliphatic rings. The fraction of sp³-hybridized carbons (Fsp3) is 0.357. The number of fused-ring (bicyclic) bond motifs is 1. The van der Waals surface area contributed by atoms with Crippen molar-refractivity contribution in [2.75, 3.05) is 0 Å². The maximum absolute atomic E-state index is 7.57. The molecule has 3 N–H and O–H groups in total. The second kappa shape index (κ2) is 4.50. The smallest absolute Gasteiger partial charge is 0.139 e. The summed E-state index contributed by atoms with van der Waals surface area (Å²) in [4.78, 5) is 9.01. The van der Waals surface area contributed by atoms with Gasteiger partial charge in [-0.2, -0.15) is 0 Å². The van der Waals surface area contributed by atoms with Crippen LogP contribution in [0.4, 0.5) is 0 Å². The first kappa shape index (κ1) is 11.9. The summed E-state index contributed by atoms with van der Waals surface area (Å²) in [5.74, 6) is 0.876. The Morgan fingerprint density at radius 2 is 2.11 bits per heavy atom. The van der Waals surface area contributed by atoms with Crippen LogP contribution in [0.1, 0.15) is 35.5 Å². The van der Waals surface area contributed by atoms with Gasteiger partial charge >= 0.3 is 0 Å². The highest BCUT2D eigenvalue weighted by Gasteiger charge is 2.17. The Balaban J connectivity index is 2.11. The van der Waals surface area contributed by atoms with E-state index in [0.717, 1.165) is 24.4 Å². The summed E-state index contributed by atoms with van der Waals surface area (Å²) >= 11 is 0. The average molecular weight is 255 g/mol. The molecule has 0 aromatic carbocycles. The van der Waals surface area contributed by atoms with E-state index in [4.69, 9.17) is 11.1 Å². The SMILES string of the molecule is Cc1cc(C(=N)N)cc(-n2cnc3c2CCCC3)n1. The molecule has 0 atom stereocenters. The van der Waals surface area contributed by atoms with Gasteiger partial charge in [0.2, 0.25) is 0 Å². The Bertz CT molecular complexity index is 641. The van der Waals surface area contributed by atoms with E-state index in [1.54, 1.807) is 0 Å². The first-order valence-corrected chi connectivity index (χ1v) is 6.53. The molecular weight excluding hydrogens is 238 g/mol. The quantitative estimate of drug-likeness (QED) is 0.633. The lowest BCUT2D eigenvalue weighted by atomic mass is 10.0. The molecule has 5 heteroatoms. The number of imidazole rings is 1. The second-order valence-electron chi connectivity index (χ2n) is 4.98. The summed E-state index contributed by atoms with van der Waals surface area (Å²) in [5, 5.41) is 7.57. The fourth-order valence-electron chi connectivity index (χ4n) is 2.60. The van der Waals surface area contributed by atoms with Crippen LogP contribution in [0.3, 0.4) is 0 Å². The van der Waals surface area contributed by atoms with Gasteiger partial charge in [0.25, 0.3) is 0 Å². The van der Waals surface area contributed by atoms with E-state index in [1.165, 1.54) is 24.2 Å². The molecular formula is C14H17N5. The lowest BCUT2D eigenvalue weighted by Crippen LogP contribution is -2.14. The van der Waals surface area contributed by atoms with Gasteiger partial charge in [0, 0.05) is 17.0 Å². The molecule has 0 saturated carbocycles. The molecule has 2 heterocycles. The van der Waals surface area contributed by atoms with E-state index >= 15 is 0 Å². The predicted octanol–water partition coefficient (Wildman–Crippen LogP) is 1.74. The molecule has 19 heavy (non-hydrogen) atoms. The van der Waals surface area contributed by atoms with Crippen LogP contribution in [-0.4, -0.2) is 20.4 Å². The highest BCUT2D eigenvalue weighted by molar-refractivity contribution is 5.95. The zero-order chi connectivity index (χ0) is 13.4. The van der Waals surface area contributed by atoms with Gasteiger partial charge in [0.15, 0.2) is 0 Å². The fourth-order valence-corrected chi connectivity index (χ4v) is 2.60. The van der Waals surface area contributed by atoms with E-state index in [2.05, 4.69) is 9.97 Å². The van der Waals surface area contributed by atoms with Gasteiger partial charge < -0.3 is 5.73 Å². The normalized spacial score (nSPS) is 14.2. The van der Waals surface area contributed by atoms with Crippen LogP contribution in [-0.2, 0) is 12.8 Å². The summed E-state index contributed by atoms with van der Waals surface area (Å²) in [6, 6.07) is 3.68. The number of rotatable bonds is 2. The molecule has 0 amide bonds. The molecule has 0 spiro atoms. The van der Waals surface area contributed by atoms with Crippen LogP contribution in [0, 0.1) is 12.3 Å². The summed E-state index contributed by atoms with van der Waals surface area (Å²) in [7, 11) is 0. The molecule has 0 aliphatic heterocycles. The van der Waals surface area contributed by atoms with Crippen molar-refractivity contribution in [3.05, 3.63) is 41.1 Å². The molecule has 2 aromatic rings. The van der Waals surface area contributed by atoms with Crippen LogP contribution >= 0.6 is 0 Å². The van der Waals surface area contributed by atoms with Crippen molar-refractivity contribution in [3.8, 4) is 5.82 Å². The second-order valence-corrected chi connectivity index (χ2v) is 4.98. The summed E-state index contributed by atoms with van der Waals surface area (Å²) in [5.41, 5.74) is 9.57. The molecule has 0 saturated heterocycles. The third kappa shape index (κ3) is 2.12. The minimum absolute atomic E-state index is 0.0701. The number of nitrogens with zero attached hydrogens (tertiary/aromatic N) is 3. The van der Waals surface area contributed by atoms with Gasteiger partial charge in [-0.15, -0.1) is 0 Å². The number of nitrogens with two attached hydrogens (primary N) is 1. The van der Waals surface area contributed by atoms with E-state index < -0.39 is 0 Å². The molecule has 0 unspecified atom stereocenters. The number of hydrogen-bond acceptors (Lipinski definition) is 3. The van der Waals surface area contributed by atoms with E-state index in [0.29, 0.717) is 5.56 Å². The third-order valence-electron chi connectivity index (χ3n) is 3.53. The number of aromatic nitrogens is 3. The van der Waals surface area contributed by atoms with E-state index in [-0.39, 0.29) is 5.84 Å². The third-order valence-corrected chi connectivity index (χ3v) is 3.53. The van der Waals surface area contributed by atoms with Crippen LogP contribution < -0.4 is 5.73 Å². The maximum Gasteiger partial charge on any atom is 0.139 e. The Hall–Kier alpha value is -2.17. The molecule has 98 valence electrons. The topological polar surface area (TPSA) is 80.6 Å². The largest absolute Gasteiger partial charge is 0.384 e. The van der Waals surface area contributed by atoms with Crippen LogP contribution in [0.2, 0.25) is 0 Å².